The Morgan fingerprint density at radius 1 is 1.50 bits per heavy atom. The number of halogens is 1. The summed E-state index contributed by atoms with van der Waals surface area (Å²) < 4.78 is 6.20. The number of hydrogen-bond acceptors (Lipinski definition) is 4. The lowest BCUT2D eigenvalue weighted by molar-refractivity contribution is 0.398. The Labute approximate surface area is 107 Å². The van der Waals surface area contributed by atoms with Gasteiger partial charge < -0.3 is 10.1 Å². The van der Waals surface area contributed by atoms with Crippen molar-refractivity contribution < 1.29 is 4.74 Å². The van der Waals surface area contributed by atoms with Crippen LogP contribution in [0, 0.1) is 0 Å². The van der Waals surface area contributed by atoms with Gasteiger partial charge in [-0.2, -0.15) is 0 Å². The number of thiophene rings is 1. The van der Waals surface area contributed by atoms with Crippen LogP contribution >= 0.6 is 27.3 Å². The average molecular weight is 299 g/mol. The molecule has 0 radical (unpaired) electrons. The molecule has 0 spiro atoms. The van der Waals surface area contributed by atoms with E-state index in [1.54, 1.807) is 24.6 Å². The Hall–Kier alpha value is -1.07. The van der Waals surface area contributed by atoms with E-state index in [4.69, 9.17) is 4.74 Å². The van der Waals surface area contributed by atoms with Crippen LogP contribution in [0.25, 0.3) is 0 Å². The summed E-state index contributed by atoms with van der Waals surface area (Å²) in [6, 6.07) is 5.85. The second-order valence-electron chi connectivity index (χ2n) is 3.13. The van der Waals surface area contributed by atoms with E-state index in [9.17, 15) is 0 Å². The van der Waals surface area contributed by atoms with Gasteiger partial charge in [0, 0.05) is 27.3 Å². The second kappa shape index (κ2) is 5.32. The summed E-state index contributed by atoms with van der Waals surface area (Å²) in [5.41, 5.74) is 1.01. The summed E-state index contributed by atoms with van der Waals surface area (Å²) in [6.07, 6.45) is 1.73. The van der Waals surface area contributed by atoms with E-state index in [1.165, 1.54) is 4.88 Å². The minimum Gasteiger partial charge on any atom is -0.481 e. The molecule has 2 rings (SSSR count). The number of rotatable bonds is 4. The smallest absolute Gasteiger partial charge is 0.214 e. The Balaban J connectivity index is 2.02. The number of hydrogen-bond donors (Lipinski definition) is 1. The molecule has 0 aromatic carbocycles. The zero-order valence-corrected chi connectivity index (χ0v) is 11.1. The van der Waals surface area contributed by atoms with Gasteiger partial charge >= 0.3 is 0 Å². The molecule has 1 N–H and O–H groups in total. The molecular weight excluding hydrogens is 288 g/mol. The van der Waals surface area contributed by atoms with Crippen LogP contribution in [0.5, 0.6) is 5.88 Å². The first-order valence-electron chi connectivity index (χ1n) is 4.75. The third kappa shape index (κ3) is 2.74. The van der Waals surface area contributed by atoms with Crippen molar-refractivity contribution in [1.29, 1.82) is 0 Å². The highest BCUT2D eigenvalue weighted by Gasteiger charge is 2.01. The van der Waals surface area contributed by atoms with Gasteiger partial charge in [-0.1, -0.05) is 0 Å². The van der Waals surface area contributed by atoms with Gasteiger partial charge in [0.25, 0.3) is 0 Å². The molecule has 0 unspecified atom stereocenters. The number of ether oxygens (including phenoxy) is 1. The molecule has 16 heavy (non-hydrogen) atoms. The predicted molar refractivity (Wildman–Crippen MR) is 70.1 cm³/mol. The minimum atomic E-state index is 0.621. The fourth-order valence-electron chi connectivity index (χ4n) is 1.26. The molecule has 0 amide bonds. The second-order valence-corrected chi connectivity index (χ2v) is 4.99. The SMILES string of the molecule is COc1cc(NCc2sccc2Br)ccn1. The maximum Gasteiger partial charge on any atom is 0.214 e. The summed E-state index contributed by atoms with van der Waals surface area (Å²) in [5, 5.41) is 5.39. The average Bonchev–Trinajstić information content (AvgIpc) is 2.72. The molecule has 0 bridgehead atoms. The highest BCUT2D eigenvalue weighted by molar-refractivity contribution is 9.10. The van der Waals surface area contributed by atoms with Crippen molar-refractivity contribution in [1.82, 2.24) is 4.98 Å². The van der Waals surface area contributed by atoms with Crippen molar-refractivity contribution in [3.63, 3.8) is 0 Å². The molecule has 0 aliphatic carbocycles. The molecular formula is C11H11BrN2OS. The molecule has 0 atom stereocenters. The number of methoxy groups -OCH3 is 1. The molecule has 0 aliphatic rings. The summed E-state index contributed by atoms with van der Waals surface area (Å²) in [5.74, 6) is 0.621. The number of nitrogens with one attached hydrogen (secondary N) is 1. The van der Waals surface area contributed by atoms with E-state index in [0.29, 0.717) is 5.88 Å². The monoisotopic (exact) mass is 298 g/mol. The molecule has 0 aliphatic heterocycles. The van der Waals surface area contributed by atoms with Crippen LogP contribution in [0.1, 0.15) is 4.88 Å². The first kappa shape index (κ1) is 11.4. The fraction of sp³-hybridized carbons (Fsp3) is 0.182. The molecule has 5 heteroatoms. The standard InChI is InChI=1S/C11H11BrN2OS/c1-15-11-6-8(2-4-13-11)14-7-10-9(12)3-5-16-10/h2-6H,7H2,1H3,(H,13,14). The van der Waals surface area contributed by atoms with Crippen LogP contribution in [-0.2, 0) is 6.54 Å². The first-order chi connectivity index (χ1) is 7.79. The van der Waals surface area contributed by atoms with E-state index in [2.05, 4.69) is 37.7 Å². The number of pyridine rings is 1. The molecule has 0 fully saturated rings. The fourth-order valence-corrected chi connectivity index (χ4v) is 2.70. The molecule has 2 aromatic heterocycles. The Bertz CT molecular complexity index is 473. The van der Waals surface area contributed by atoms with Gasteiger partial charge in [0.1, 0.15) is 0 Å². The van der Waals surface area contributed by atoms with Crippen LogP contribution in [0.15, 0.2) is 34.2 Å². The van der Waals surface area contributed by atoms with Crippen LogP contribution in [0.3, 0.4) is 0 Å². The van der Waals surface area contributed by atoms with Gasteiger partial charge in [-0.25, -0.2) is 4.98 Å². The Morgan fingerprint density at radius 3 is 3.06 bits per heavy atom. The van der Waals surface area contributed by atoms with Crippen LogP contribution in [-0.4, -0.2) is 12.1 Å². The topological polar surface area (TPSA) is 34.1 Å². The number of nitrogens with zero attached hydrogens (tertiary/aromatic N) is 1. The van der Waals surface area contributed by atoms with Crippen molar-refractivity contribution in [2.24, 2.45) is 0 Å². The lowest BCUT2D eigenvalue weighted by atomic mass is 10.4. The van der Waals surface area contributed by atoms with Crippen LogP contribution < -0.4 is 10.1 Å². The van der Waals surface area contributed by atoms with E-state index < -0.39 is 0 Å². The molecule has 0 saturated carbocycles. The summed E-state index contributed by atoms with van der Waals surface area (Å²) in [7, 11) is 1.61. The molecule has 3 nitrogen and oxygen atoms in total. The third-order valence-corrected chi connectivity index (χ3v) is 4.01. The quantitative estimate of drug-likeness (QED) is 0.938. The van der Waals surface area contributed by atoms with Crippen molar-refractivity contribution in [3.8, 4) is 5.88 Å². The van der Waals surface area contributed by atoms with E-state index >= 15 is 0 Å². The Morgan fingerprint density at radius 2 is 2.38 bits per heavy atom. The van der Waals surface area contributed by atoms with E-state index in [1.807, 2.05) is 12.1 Å². The molecule has 2 aromatic rings. The molecule has 2 heterocycles. The van der Waals surface area contributed by atoms with Crippen molar-refractivity contribution in [2.45, 2.75) is 6.54 Å². The maximum absolute atomic E-state index is 5.06. The molecule has 0 saturated heterocycles. The maximum atomic E-state index is 5.06. The van der Waals surface area contributed by atoms with Gasteiger partial charge in [-0.15, -0.1) is 11.3 Å². The van der Waals surface area contributed by atoms with E-state index in [-0.39, 0.29) is 0 Å². The van der Waals surface area contributed by atoms with Gasteiger partial charge in [0.15, 0.2) is 0 Å². The zero-order valence-electron chi connectivity index (χ0n) is 8.74. The van der Waals surface area contributed by atoms with Gasteiger partial charge in [0.2, 0.25) is 5.88 Å². The lowest BCUT2D eigenvalue weighted by Crippen LogP contribution is -1.98. The van der Waals surface area contributed by atoms with Crippen molar-refractivity contribution >= 4 is 33.0 Å². The highest BCUT2D eigenvalue weighted by atomic mass is 79.9. The van der Waals surface area contributed by atoms with E-state index in [0.717, 1.165) is 16.7 Å². The summed E-state index contributed by atoms with van der Waals surface area (Å²) >= 11 is 5.22. The number of anilines is 1. The normalized spacial score (nSPS) is 10.1. The van der Waals surface area contributed by atoms with Crippen LogP contribution in [0.4, 0.5) is 5.69 Å². The van der Waals surface area contributed by atoms with Crippen molar-refractivity contribution in [2.75, 3.05) is 12.4 Å². The molecule has 84 valence electrons. The lowest BCUT2D eigenvalue weighted by Gasteiger charge is -2.06. The van der Waals surface area contributed by atoms with Gasteiger partial charge in [-0.05, 0) is 33.4 Å². The predicted octanol–water partition coefficient (Wildman–Crippen LogP) is 3.53. The Kier molecular flexibility index (Phi) is 3.79. The van der Waals surface area contributed by atoms with Gasteiger partial charge in [0.05, 0.1) is 13.7 Å². The van der Waals surface area contributed by atoms with Gasteiger partial charge in [-0.3, -0.25) is 0 Å². The first-order valence-corrected chi connectivity index (χ1v) is 6.42. The summed E-state index contributed by atoms with van der Waals surface area (Å²) in [6.45, 7) is 0.797. The number of aromatic nitrogens is 1. The minimum absolute atomic E-state index is 0.621. The van der Waals surface area contributed by atoms with Crippen LogP contribution in [0.2, 0.25) is 0 Å². The zero-order chi connectivity index (χ0) is 11.4. The van der Waals surface area contributed by atoms with Crippen molar-refractivity contribution in [3.05, 3.63) is 39.1 Å². The third-order valence-electron chi connectivity index (χ3n) is 2.09. The highest BCUT2D eigenvalue weighted by Crippen LogP contribution is 2.24. The summed E-state index contributed by atoms with van der Waals surface area (Å²) in [4.78, 5) is 5.33. The largest absolute Gasteiger partial charge is 0.481 e.